The summed E-state index contributed by atoms with van der Waals surface area (Å²) in [5.41, 5.74) is 7.51. The first-order chi connectivity index (χ1) is 10.2. The van der Waals surface area contributed by atoms with Gasteiger partial charge in [-0.2, -0.15) is 0 Å². The van der Waals surface area contributed by atoms with Crippen LogP contribution in [0, 0.1) is 11.8 Å². The van der Waals surface area contributed by atoms with Crippen molar-refractivity contribution in [1.82, 2.24) is 4.90 Å². The Morgan fingerprint density at radius 2 is 1.90 bits per heavy atom. The molecule has 1 saturated heterocycles. The highest BCUT2D eigenvalue weighted by Gasteiger charge is 2.39. The Kier molecular flexibility index (Phi) is 4.27. The molecule has 0 radical (unpaired) electrons. The van der Waals surface area contributed by atoms with Gasteiger partial charge < -0.3 is 11.1 Å². The summed E-state index contributed by atoms with van der Waals surface area (Å²) in [6, 6.07) is 7.71. The largest absolute Gasteiger partial charge is 0.326 e. The Hall–Kier alpha value is -1.39. The van der Waals surface area contributed by atoms with Gasteiger partial charge in [-0.05, 0) is 49.3 Å². The van der Waals surface area contributed by atoms with Crippen LogP contribution < -0.4 is 11.1 Å². The first-order valence-corrected chi connectivity index (χ1v) is 8.01. The molecule has 3 unspecified atom stereocenters. The highest BCUT2D eigenvalue weighted by Crippen LogP contribution is 2.38. The van der Waals surface area contributed by atoms with Gasteiger partial charge in [-0.15, -0.1) is 0 Å². The molecule has 3 rings (SSSR count). The van der Waals surface area contributed by atoms with Gasteiger partial charge in [-0.3, -0.25) is 9.69 Å². The number of likely N-dealkylation sites (tertiary alicyclic amines) is 1. The van der Waals surface area contributed by atoms with Gasteiger partial charge in [0.05, 0.1) is 6.04 Å². The van der Waals surface area contributed by atoms with Gasteiger partial charge in [0.1, 0.15) is 0 Å². The van der Waals surface area contributed by atoms with Crippen LogP contribution >= 0.6 is 0 Å². The summed E-state index contributed by atoms with van der Waals surface area (Å²) in [6.45, 7) is 4.72. The maximum absolute atomic E-state index is 12.4. The zero-order chi connectivity index (χ0) is 14.8. The second-order valence-electron chi connectivity index (χ2n) is 6.47. The molecule has 114 valence electrons. The molecule has 0 spiro atoms. The summed E-state index contributed by atoms with van der Waals surface area (Å²) in [5, 5.41) is 3.01. The van der Waals surface area contributed by atoms with E-state index in [1.54, 1.807) is 0 Å². The minimum Gasteiger partial charge on any atom is -0.326 e. The van der Waals surface area contributed by atoms with Gasteiger partial charge in [-0.25, -0.2) is 0 Å². The van der Waals surface area contributed by atoms with E-state index in [1.165, 1.54) is 19.3 Å². The smallest absolute Gasteiger partial charge is 0.241 e. The van der Waals surface area contributed by atoms with Crippen LogP contribution in [0.5, 0.6) is 0 Å². The predicted octanol–water partition coefficient (Wildman–Crippen LogP) is 2.20. The molecule has 0 aromatic heterocycles. The first-order valence-electron chi connectivity index (χ1n) is 8.01. The first kappa shape index (κ1) is 14.5. The Labute approximate surface area is 126 Å². The SMILES string of the molecule is CC(C(=O)Nc1ccc(CN)cc1)N1CC2CCCC2C1. The van der Waals surface area contributed by atoms with E-state index >= 15 is 0 Å². The number of benzene rings is 1. The summed E-state index contributed by atoms with van der Waals surface area (Å²) in [5.74, 6) is 1.74. The fraction of sp³-hybridized carbons (Fsp3) is 0.588. The predicted molar refractivity (Wildman–Crippen MR) is 84.8 cm³/mol. The number of carbonyl (C=O) groups excluding carboxylic acids is 1. The van der Waals surface area contributed by atoms with Gasteiger partial charge in [0.25, 0.3) is 0 Å². The van der Waals surface area contributed by atoms with E-state index in [0.717, 1.165) is 36.2 Å². The third-order valence-corrected chi connectivity index (χ3v) is 5.14. The lowest BCUT2D eigenvalue weighted by atomic mass is 10.0. The van der Waals surface area contributed by atoms with Crippen LogP contribution in [-0.2, 0) is 11.3 Å². The lowest BCUT2D eigenvalue weighted by molar-refractivity contribution is -0.120. The molecule has 21 heavy (non-hydrogen) atoms. The fourth-order valence-electron chi connectivity index (χ4n) is 3.72. The number of carbonyl (C=O) groups is 1. The monoisotopic (exact) mass is 287 g/mol. The number of rotatable bonds is 4. The number of nitrogens with zero attached hydrogens (tertiary/aromatic N) is 1. The number of hydrogen-bond acceptors (Lipinski definition) is 3. The molecule has 1 heterocycles. The molecule has 1 aromatic carbocycles. The summed E-state index contributed by atoms with van der Waals surface area (Å²) < 4.78 is 0. The standard InChI is InChI=1S/C17H25N3O/c1-12(20-10-14-3-2-4-15(14)11-20)17(21)19-16-7-5-13(9-18)6-8-16/h5-8,12,14-15H,2-4,9-11,18H2,1H3,(H,19,21). The summed E-state index contributed by atoms with van der Waals surface area (Å²) in [6.07, 6.45) is 4.06. The average molecular weight is 287 g/mol. The number of nitrogens with one attached hydrogen (secondary N) is 1. The summed E-state index contributed by atoms with van der Waals surface area (Å²) in [7, 11) is 0. The van der Waals surface area contributed by atoms with Crippen LogP contribution in [-0.4, -0.2) is 29.9 Å². The van der Waals surface area contributed by atoms with Crippen molar-refractivity contribution in [2.24, 2.45) is 17.6 Å². The highest BCUT2D eigenvalue weighted by atomic mass is 16.2. The highest BCUT2D eigenvalue weighted by molar-refractivity contribution is 5.94. The minimum atomic E-state index is -0.0511. The van der Waals surface area contributed by atoms with Crippen molar-refractivity contribution in [3.8, 4) is 0 Å². The van der Waals surface area contributed by atoms with Crippen molar-refractivity contribution in [3.63, 3.8) is 0 Å². The molecule has 1 aliphatic carbocycles. The average Bonchev–Trinajstić information content (AvgIpc) is 3.08. The van der Waals surface area contributed by atoms with Crippen LogP contribution in [0.2, 0.25) is 0 Å². The normalized spacial score (nSPS) is 26.6. The number of amides is 1. The van der Waals surface area contributed by atoms with Gasteiger partial charge in [0.15, 0.2) is 0 Å². The molecule has 1 saturated carbocycles. The molecule has 2 fully saturated rings. The Bertz CT molecular complexity index is 487. The van der Waals surface area contributed by atoms with Crippen LogP contribution in [0.4, 0.5) is 5.69 Å². The van der Waals surface area contributed by atoms with E-state index < -0.39 is 0 Å². The van der Waals surface area contributed by atoms with E-state index in [-0.39, 0.29) is 11.9 Å². The second kappa shape index (κ2) is 6.16. The maximum Gasteiger partial charge on any atom is 0.241 e. The second-order valence-corrected chi connectivity index (χ2v) is 6.47. The van der Waals surface area contributed by atoms with E-state index in [9.17, 15) is 4.79 Å². The number of nitrogens with two attached hydrogens (primary N) is 1. The molecule has 1 amide bonds. The van der Waals surface area contributed by atoms with Gasteiger partial charge in [0.2, 0.25) is 5.91 Å². The van der Waals surface area contributed by atoms with Gasteiger partial charge in [-0.1, -0.05) is 18.6 Å². The summed E-state index contributed by atoms with van der Waals surface area (Å²) in [4.78, 5) is 14.7. The van der Waals surface area contributed by atoms with Crippen LogP contribution in [0.3, 0.4) is 0 Å². The zero-order valence-electron chi connectivity index (χ0n) is 12.7. The number of anilines is 1. The molecule has 3 atom stereocenters. The van der Waals surface area contributed by atoms with Crippen molar-refractivity contribution in [2.45, 2.75) is 38.8 Å². The molecular formula is C17H25N3O. The van der Waals surface area contributed by atoms with Gasteiger partial charge >= 0.3 is 0 Å². The third-order valence-electron chi connectivity index (χ3n) is 5.14. The molecule has 2 aliphatic rings. The van der Waals surface area contributed by atoms with Crippen molar-refractivity contribution in [2.75, 3.05) is 18.4 Å². The molecule has 4 nitrogen and oxygen atoms in total. The number of fused-ring (bicyclic) bond motifs is 1. The van der Waals surface area contributed by atoms with Crippen LogP contribution in [0.15, 0.2) is 24.3 Å². The van der Waals surface area contributed by atoms with E-state index in [0.29, 0.717) is 6.54 Å². The third kappa shape index (κ3) is 3.11. The summed E-state index contributed by atoms with van der Waals surface area (Å²) >= 11 is 0. The molecule has 4 heteroatoms. The van der Waals surface area contributed by atoms with E-state index in [4.69, 9.17) is 5.73 Å². The molecule has 1 aromatic rings. The van der Waals surface area contributed by atoms with Crippen molar-refractivity contribution < 1.29 is 4.79 Å². The Morgan fingerprint density at radius 3 is 2.48 bits per heavy atom. The topological polar surface area (TPSA) is 58.4 Å². The Morgan fingerprint density at radius 1 is 1.29 bits per heavy atom. The minimum absolute atomic E-state index is 0.0511. The van der Waals surface area contributed by atoms with Crippen molar-refractivity contribution >= 4 is 11.6 Å². The maximum atomic E-state index is 12.4. The zero-order valence-corrected chi connectivity index (χ0v) is 12.7. The van der Waals surface area contributed by atoms with E-state index in [2.05, 4.69) is 10.2 Å². The fourth-order valence-corrected chi connectivity index (χ4v) is 3.72. The molecule has 3 N–H and O–H groups in total. The molecular weight excluding hydrogens is 262 g/mol. The molecule has 0 bridgehead atoms. The van der Waals surface area contributed by atoms with Gasteiger partial charge in [0, 0.05) is 25.3 Å². The van der Waals surface area contributed by atoms with Crippen molar-refractivity contribution in [1.29, 1.82) is 0 Å². The van der Waals surface area contributed by atoms with Crippen LogP contribution in [0.25, 0.3) is 0 Å². The van der Waals surface area contributed by atoms with Crippen molar-refractivity contribution in [3.05, 3.63) is 29.8 Å². The lowest BCUT2D eigenvalue weighted by Gasteiger charge is -2.24. The van der Waals surface area contributed by atoms with E-state index in [1.807, 2.05) is 31.2 Å². The van der Waals surface area contributed by atoms with Crippen LogP contribution in [0.1, 0.15) is 31.7 Å². The quantitative estimate of drug-likeness (QED) is 0.892. The Balaban J connectivity index is 1.57. The molecule has 1 aliphatic heterocycles. The lowest BCUT2D eigenvalue weighted by Crippen LogP contribution is -2.41. The number of hydrogen-bond donors (Lipinski definition) is 2.